The molecule has 0 aliphatic carbocycles. The zero-order valence-corrected chi connectivity index (χ0v) is 11.5. The fourth-order valence-electron chi connectivity index (χ4n) is 2.69. The number of benzene rings is 2. The summed E-state index contributed by atoms with van der Waals surface area (Å²) in [6, 6.07) is 15.2. The molecule has 3 heteroatoms. The quantitative estimate of drug-likeness (QED) is 0.911. The van der Waals surface area contributed by atoms with Crippen molar-refractivity contribution < 1.29 is 9.13 Å². The Morgan fingerprint density at radius 3 is 2.90 bits per heavy atom. The average molecular weight is 271 g/mol. The smallest absolute Gasteiger partial charge is 0.124 e. The van der Waals surface area contributed by atoms with Crippen LogP contribution >= 0.6 is 0 Å². The molecule has 0 amide bonds. The summed E-state index contributed by atoms with van der Waals surface area (Å²) in [5.74, 6) is 0.756. The number of para-hydroxylation sites is 1. The van der Waals surface area contributed by atoms with Gasteiger partial charge in [-0.3, -0.25) is 0 Å². The van der Waals surface area contributed by atoms with E-state index in [4.69, 9.17) is 4.74 Å². The highest BCUT2D eigenvalue weighted by Gasteiger charge is 2.22. The molecule has 1 N–H and O–H groups in total. The minimum Gasteiger partial charge on any atom is -0.493 e. The molecule has 20 heavy (non-hydrogen) atoms. The molecular weight excluding hydrogens is 253 g/mol. The largest absolute Gasteiger partial charge is 0.493 e. The van der Waals surface area contributed by atoms with Crippen molar-refractivity contribution in [3.05, 3.63) is 65.5 Å². The Kier molecular flexibility index (Phi) is 3.70. The molecule has 1 unspecified atom stereocenters. The van der Waals surface area contributed by atoms with Crippen LogP contribution in [-0.2, 0) is 0 Å². The topological polar surface area (TPSA) is 21.3 Å². The maximum Gasteiger partial charge on any atom is 0.124 e. The fourth-order valence-corrected chi connectivity index (χ4v) is 2.69. The van der Waals surface area contributed by atoms with Crippen LogP contribution in [0.3, 0.4) is 0 Å². The van der Waals surface area contributed by atoms with Crippen LogP contribution in [0.4, 0.5) is 4.39 Å². The summed E-state index contributed by atoms with van der Waals surface area (Å²) in [6.07, 6.45) is 0.927. The molecule has 1 heterocycles. The summed E-state index contributed by atoms with van der Waals surface area (Å²) >= 11 is 0. The normalized spacial score (nSPS) is 19.0. The van der Waals surface area contributed by atoms with Crippen molar-refractivity contribution in [1.29, 1.82) is 0 Å². The molecule has 2 aromatic carbocycles. The molecule has 0 aromatic heterocycles. The van der Waals surface area contributed by atoms with E-state index in [0.717, 1.165) is 17.7 Å². The van der Waals surface area contributed by atoms with Gasteiger partial charge in [-0.1, -0.05) is 30.3 Å². The van der Waals surface area contributed by atoms with Gasteiger partial charge in [-0.05, 0) is 30.7 Å². The summed E-state index contributed by atoms with van der Waals surface area (Å²) in [6.45, 7) is 2.78. The van der Waals surface area contributed by atoms with Gasteiger partial charge in [-0.15, -0.1) is 0 Å². The van der Waals surface area contributed by atoms with Gasteiger partial charge in [-0.2, -0.15) is 0 Å². The average Bonchev–Trinajstić information content (AvgIpc) is 2.47. The van der Waals surface area contributed by atoms with Crippen LogP contribution in [0.15, 0.2) is 48.5 Å². The Labute approximate surface area is 118 Å². The molecule has 3 rings (SSSR count). The molecule has 0 saturated heterocycles. The molecule has 0 saturated carbocycles. The molecule has 0 spiro atoms. The molecule has 2 atom stereocenters. The van der Waals surface area contributed by atoms with Gasteiger partial charge in [0, 0.05) is 24.1 Å². The van der Waals surface area contributed by atoms with E-state index in [2.05, 4.69) is 18.3 Å². The molecule has 1 aliphatic heterocycles. The molecule has 0 fully saturated rings. The SMILES string of the molecule is C[C@@H](NC1CCOc2ccccc21)c1cccc(F)c1. The standard InChI is InChI=1S/C17H18FNO/c1-12(13-5-4-6-14(18)11-13)19-16-9-10-20-17-8-3-2-7-15(16)17/h2-8,11-12,16,19H,9-10H2,1H3/t12-,16?/m1/s1. The van der Waals surface area contributed by atoms with E-state index in [1.807, 2.05) is 24.3 Å². The molecule has 104 valence electrons. The summed E-state index contributed by atoms with van der Waals surface area (Å²) in [7, 11) is 0. The Morgan fingerprint density at radius 2 is 2.05 bits per heavy atom. The molecule has 2 aromatic rings. The lowest BCUT2D eigenvalue weighted by atomic mass is 9.98. The first-order valence-corrected chi connectivity index (χ1v) is 6.97. The number of hydrogen-bond donors (Lipinski definition) is 1. The van der Waals surface area contributed by atoms with Crippen LogP contribution in [-0.4, -0.2) is 6.61 Å². The zero-order valence-electron chi connectivity index (χ0n) is 11.5. The van der Waals surface area contributed by atoms with E-state index in [9.17, 15) is 4.39 Å². The monoisotopic (exact) mass is 271 g/mol. The maximum atomic E-state index is 13.3. The lowest BCUT2D eigenvalue weighted by molar-refractivity contribution is 0.246. The van der Waals surface area contributed by atoms with Crippen molar-refractivity contribution in [1.82, 2.24) is 5.32 Å². The zero-order chi connectivity index (χ0) is 13.9. The summed E-state index contributed by atoms with van der Waals surface area (Å²) in [4.78, 5) is 0. The molecule has 0 bridgehead atoms. The first-order valence-electron chi connectivity index (χ1n) is 6.97. The Morgan fingerprint density at radius 1 is 1.20 bits per heavy atom. The third-order valence-electron chi connectivity index (χ3n) is 3.76. The van der Waals surface area contributed by atoms with Crippen molar-refractivity contribution in [3.63, 3.8) is 0 Å². The highest BCUT2D eigenvalue weighted by atomic mass is 19.1. The molecular formula is C17H18FNO. The molecule has 0 radical (unpaired) electrons. The predicted molar refractivity (Wildman–Crippen MR) is 77.2 cm³/mol. The molecule has 1 aliphatic rings. The van der Waals surface area contributed by atoms with E-state index >= 15 is 0 Å². The van der Waals surface area contributed by atoms with Gasteiger partial charge >= 0.3 is 0 Å². The fraction of sp³-hybridized carbons (Fsp3) is 0.294. The second-order valence-electron chi connectivity index (χ2n) is 5.17. The maximum absolute atomic E-state index is 13.3. The second-order valence-corrected chi connectivity index (χ2v) is 5.17. The second kappa shape index (κ2) is 5.63. The van der Waals surface area contributed by atoms with E-state index in [1.54, 1.807) is 12.1 Å². The Hall–Kier alpha value is -1.87. The van der Waals surface area contributed by atoms with Crippen molar-refractivity contribution in [2.24, 2.45) is 0 Å². The van der Waals surface area contributed by atoms with Gasteiger partial charge in [0.2, 0.25) is 0 Å². The van der Waals surface area contributed by atoms with Gasteiger partial charge in [0.15, 0.2) is 0 Å². The molecule has 2 nitrogen and oxygen atoms in total. The first kappa shape index (κ1) is 13.1. The predicted octanol–water partition coefficient (Wildman–Crippen LogP) is 4.00. The summed E-state index contributed by atoms with van der Waals surface area (Å²) in [5, 5.41) is 3.57. The van der Waals surface area contributed by atoms with Crippen LogP contribution < -0.4 is 10.1 Å². The third kappa shape index (κ3) is 2.68. The summed E-state index contributed by atoms with van der Waals surface area (Å²) in [5.41, 5.74) is 2.15. The van der Waals surface area contributed by atoms with Gasteiger partial charge in [0.1, 0.15) is 11.6 Å². The van der Waals surface area contributed by atoms with Crippen LogP contribution in [0.25, 0.3) is 0 Å². The van der Waals surface area contributed by atoms with Gasteiger partial charge in [0.25, 0.3) is 0 Å². The van der Waals surface area contributed by atoms with Crippen molar-refractivity contribution in [2.45, 2.75) is 25.4 Å². The number of rotatable bonds is 3. The van der Waals surface area contributed by atoms with E-state index in [-0.39, 0.29) is 17.9 Å². The Balaban J connectivity index is 1.79. The number of hydrogen-bond acceptors (Lipinski definition) is 2. The van der Waals surface area contributed by atoms with Crippen molar-refractivity contribution in [2.75, 3.05) is 6.61 Å². The lowest BCUT2D eigenvalue weighted by Crippen LogP contribution is -2.29. The number of fused-ring (bicyclic) bond motifs is 1. The van der Waals surface area contributed by atoms with Crippen molar-refractivity contribution in [3.8, 4) is 5.75 Å². The highest BCUT2D eigenvalue weighted by Crippen LogP contribution is 2.33. The number of halogens is 1. The first-order chi connectivity index (χ1) is 9.74. The lowest BCUT2D eigenvalue weighted by Gasteiger charge is -2.29. The highest BCUT2D eigenvalue weighted by molar-refractivity contribution is 5.37. The van der Waals surface area contributed by atoms with E-state index < -0.39 is 0 Å². The Bertz CT molecular complexity index is 599. The van der Waals surface area contributed by atoms with Gasteiger partial charge in [0.05, 0.1) is 6.61 Å². The minimum absolute atomic E-state index is 0.0989. The number of nitrogens with one attached hydrogen (secondary N) is 1. The van der Waals surface area contributed by atoms with E-state index in [0.29, 0.717) is 6.61 Å². The third-order valence-corrected chi connectivity index (χ3v) is 3.76. The van der Waals surface area contributed by atoms with E-state index in [1.165, 1.54) is 11.6 Å². The van der Waals surface area contributed by atoms with Gasteiger partial charge < -0.3 is 10.1 Å². The van der Waals surface area contributed by atoms with Crippen LogP contribution in [0, 0.1) is 5.82 Å². The summed E-state index contributed by atoms with van der Waals surface area (Å²) < 4.78 is 19.0. The van der Waals surface area contributed by atoms with Crippen LogP contribution in [0.5, 0.6) is 5.75 Å². The van der Waals surface area contributed by atoms with Crippen LogP contribution in [0.1, 0.15) is 36.6 Å². The minimum atomic E-state index is -0.191. The van der Waals surface area contributed by atoms with Gasteiger partial charge in [-0.25, -0.2) is 4.39 Å². The van der Waals surface area contributed by atoms with Crippen molar-refractivity contribution >= 4 is 0 Å². The number of ether oxygens (including phenoxy) is 1. The van der Waals surface area contributed by atoms with Crippen LogP contribution in [0.2, 0.25) is 0 Å².